The Morgan fingerprint density at radius 2 is 2.00 bits per heavy atom. The lowest BCUT2D eigenvalue weighted by Gasteiger charge is -2.14. The van der Waals surface area contributed by atoms with E-state index in [1.165, 1.54) is 18.9 Å². The Balaban J connectivity index is 2.00. The fourth-order valence-corrected chi connectivity index (χ4v) is 1.83. The zero-order valence-electron chi connectivity index (χ0n) is 7.67. The van der Waals surface area contributed by atoms with Crippen molar-refractivity contribution in [1.82, 2.24) is 4.90 Å². The van der Waals surface area contributed by atoms with Crippen LogP contribution in [-0.2, 0) is 6.54 Å². The van der Waals surface area contributed by atoms with Crippen molar-refractivity contribution in [3.63, 3.8) is 0 Å². The molecule has 1 saturated heterocycles. The van der Waals surface area contributed by atoms with Gasteiger partial charge in [-0.05, 0) is 43.6 Å². The quantitative estimate of drug-likeness (QED) is 0.674. The number of rotatable bonds is 2. The van der Waals surface area contributed by atoms with E-state index in [4.69, 9.17) is 0 Å². The van der Waals surface area contributed by atoms with Crippen LogP contribution in [0.25, 0.3) is 0 Å². The second-order valence-electron chi connectivity index (χ2n) is 3.61. The summed E-state index contributed by atoms with van der Waals surface area (Å²) in [6.45, 7) is 3.23. The molecule has 1 aliphatic rings. The lowest BCUT2D eigenvalue weighted by atomic mass is 10.2. The zero-order valence-corrected chi connectivity index (χ0v) is 7.67. The average molecular weight is 179 g/mol. The molecule has 1 nitrogen and oxygen atoms in total. The summed E-state index contributed by atoms with van der Waals surface area (Å²) >= 11 is 0. The van der Waals surface area contributed by atoms with Gasteiger partial charge in [0.25, 0.3) is 0 Å². The molecular weight excluding hydrogens is 165 g/mol. The van der Waals surface area contributed by atoms with Crippen LogP contribution in [0.4, 0.5) is 4.39 Å². The summed E-state index contributed by atoms with van der Waals surface area (Å²) in [6.07, 6.45) is 2.57. The first-order valence-corrected chi connectivity index (χ1v) is 4.81. The average Bonchev–Trinajstić information content (AvgIpc) is 2.57. The van der Waals surface area contributed by atoms with Crippen LogP contribution in [0.15, 0.2) is 24.3 Å². The smallest absolute Gasteiger partial charge is 0.123 e. The van der Waals surface area contributed by atoms with Gasteiger partial charge < -0.3 is 0 Å². The summed E-state index contributed by atoms with van der Waals surface area (Å²) in [6, 6.07) is 6.88. The maximum absolute atomic E-state index is 12.8. The molecule has 0 radical (unpaired) electrons. The van der Waals surface area contributed by atoms with Crippen LogP contribution in [-0.4, -0.2) is 18.0 Å². The fraction of sp³-hybridized carbons (Fsp3) is 0.455. The number of hydrogen-bond acceptors (Lipinski definition) is 1. The Hall–Kier alpha value is -0.890. The zero-order chi connectivity index (χ0) is 9.10. The summed E-state index contributed by atoms with van der Waals surface area (Å²) < 4.78 is 12.8. The molecule has 2 rings (SSSR count). The van der Waals surface area contributed by atoms with Crippen molar-refractivity contribution in [3.05, 3.63) is 35.6 Å². The summed E-state index contributed by atoms with van der Waals surface area (Å²) in [4.78, 5) is 2.37. The molecule has 2 heteroatoms. The summed E-state index contributed by atoms with van der Waals surface area (Å²) in [5.41, 5.74) is 1.09. The summed E-state index contributed by atoms with van der Waals surface area (Å²) in [7, 11) is 0. The maximum atomic E-state index is 12.8. The highest BCUT2D eigenvalue weighted by atomic mass is 19.1. The van der Waals surface area contributed by atoms with Crippen LogP contribution < -0.4 is 0 Å². The predicted octanol–water partition coefficient (Wildman–Crippen LogP) is 2.42. The van der Waals surface area contributed by atoms with E-state index in [0.29, 0.717) is 0 Å². The van der Waals surface area contributed by atoms with Gasteiger partial charge in [0.05, 0.1) is 0 Å². The second-order valence-corrected chi connectivity index (χ2v) is 3.61. The molecule has 0 spiro atoms. The maximum Gasteiger partial charge on any atom is 0.123 e. The molecule has 0 atom stereocenters. The van der Waals surface area contributed by atoms with Gasteiger partial charge in [-0.15, -0.1) is 0 Å². The van der Waals surface area contributed by atoms with E-state index in [1.807, 2.05) is 6.07 Å². The van der Waals surface area contributed by atoms with Crippen LogP contribution in [0.2, 0.25) is 0 Å². The monoisotopic (exact) mass is 179 g/mol. The van der Waals surface area contributed by atoms with Gasteiger partial charge in [0, 0.05) is 6.54 Å². The molecule has 1 aromatic carbocycles. The Bertz CT molecular complexity index is 279. The lowest BCUT2D eigenvalue weighted by molar-refractivity contribution is 0.331. The van der Waals surface area contributed by atoms with Gasteiger partial charge in [-0.1, -0.05) is 12.1 Å². The second kappa shape index (κ2) is 3.88. The minimum atomic E-state index is -0.128. The van der Waals surface area contributed by atoms with E-state index in [2.05, 4.69) is 4.90 Å². The highest BCUT2D eigenvalue weighted by Gasteiger charge is 2.11. The first-order valence-electron chi connectivity index (χ1n) is 4.81. The van der Waals surface area contributed by atoms with E-state index < -0.39 is 0 Å². The standard InChI is InChI=1S/C11H14FN/c12-11-5-3-4-10(8-11)9-13-6-1-2-7-13/h3-5,8H,1-2,6-7,9H2. The van der Waals surface area contributed by atoms with E-state index in [0.717, 1.165) is 25.2 Å². The molecule has 1 aliphatic heterocycles. The van der Waals surface area contributed by atoms with Crippen LogP contribution in [0, 0.1) is 5.82 Å². The van der Waals surface area contributed by atoms with Gasteiger partial charge in [-0.3, -0.25) is 4.90 Å². The highest BCUT2D eigenvalue weighted by molar-refractivity contribution is 5.16. The first-order chi connectivity index (χ1) is 6.34. The SMILES string of the molecule is Fc1cccc(CN2CCCC2)c1. The van der Waals surface area contributed by atoms with Gasteiger partial charge in [0.15, 0.2) is 0 Å². The Morgan fingerprint density at radius 1 is 1.23 bits per heavy atom. The predicted molar refractivity (Wildman–Crippen MR) is 50.9 cm³/mol. The van der Waals surface area contributed by atoms with Crippen molar-refractivity contribution >= 4 is 0 Å². The van der Waals surface area contributed by atoms with Crippen LogP contribution in [0.3, 0.4) is 0 Å². The molecule has 0 amide bonds. The number of likely N-dealkylation sites (tertiary alicyclic amines) is 1. The molecule has 70 valence electrons. The van der Waals surface area contributed by atoms with Crippen molar-refractivity contribution < 1.29 is 4.39 Å². The molecule has 0 unspecified atom stereocenters. The van der Waals surface area contributed by atoms with E-state index in [1.54, 1.807) is 12.1 Å². The Morgan fingerprint density at radius 3 is 2.69 bits per heavy atom. The first kappa shape index (κ1) is 8.70. The minimum absolute atomic E-state index is 0.128. The molecule has 1 heterocycles. The molecule has 0 saturated carbocycles. The number of benzene rings is 1. The van der Waals surface area contributed by atoms with Gasteiger partial charge >= 0.3 is 0 Å². The molecule has 0 bridgehead atoms. The Kier molecular flexibility index (Phi) is 2.60. The third-order valence-corrected chi connectivity index (χ3v) is 2.49. The molecule has 1 fully saturated rings. The van der Waals surface area contributed by atoms with Gasteiger partial charge in [0.1, 0.15) is 5.82 Å². The van der Waals surface area contributed by atoms with Crippen molar-refractivity contribution in [2.45, 2.75) is 19.4 Å². The third-order valence-electron chi connectivity index (χ3n) is 2.49. The van der Waals surface area contributed by atoms with Crippen molar-refractivity contribution in [2.24, 2.45) is 0 Å². The molecule has 13 heavy (non-hydrogen) atoms. The van der Waals surface area contributed by atoms with Crippen LogP contribution in [0.1, 0.15) is 18.4 Å². The van der Waals surface area contributed by atoms with Gasteiger partial charge in [-0.25, -0.2) is 4.39 Å². The van der Waals surface area contributed by atoms with E-state index in [9.17, 15) is 4.39 Å². The third kappa shape index (κ3) is 2.28. The van der Waals surface area contributed by atoms with Crippen LogP contribution in [0.5, 0.6) is 0 Å². The van der Waals surface area contributed by atoms with E-state index in [-0.39, 0.29) is 5.82 Å². The number of hydrogen-bond donors (Lipinski definition) is 0. The molecular formula is C11H14FN. The highest BCUT2D eigenvalue weighted by Crippen LogP contribution is 2.12. The molecule has 0 aromatic heterocycles. The summed E-state index contributed by atoms with van der Waals surface area (Å²) in [5.74, 6) is -0.128. The minimum Gasteiger partial charge on any atom is -0.299 e. The lowest BCUT2D eigenvalue weighted by Crippen LogP contribution is -2.18. The van der Waals surface area contributed by atoms with Crippen molar-refractivity contribution in [1.29, 1.82) is 0 Å². The van der Waals surface area contributed by atoms with E-state index >= 15 is 0 Å². The number of nitrogens with zero attached hydrogens (tertiary/aromatic N) is 1. The Labute approximate surface area is 78.2 Å². The molecule has 1 aromatic rings. The topological polar surface area (TPSA) is 3.24 Å². The number of halogens is 1. The van der Waals surface area contributed by atoms with Crippen molar-refractivity contribution in [3.8, 4) is 0 Å². The summed E-state index contributed by atoms with van der Waals surface area (Å²) in [5, 5.41) is 0. The van der Waals surface area contributed by atoms with Gasteiger partial charge in [0.2, 0.25) is 0 Å². The molecule has 0 aliphatic carbocycles. The fourth-order valence-electron chi connectivity index (χ4n) is 1.83. The van der Waals surface area contributed by atoms with Crippen molar-refractivity contribution in [2.75, 3.05) is 13.1 Å². The van der Waals surface area contributed by atoms with Crippen LogP contribution >= 0.6 is 0 Å². The van der Waals surface area contributed by atoms with Gasteiger partial charge in [-0.2, -0.15) is 0 Å². The molecule has 0 N–H and O–H groups in total. The normalized spacial score (nSPS) is 17.9. The largest absolute Gasteiger partial charge is 0.299 e.